The summed E-state index contributed by atoms with van der Waals surface area (Å²) in [5.74, 6) is 0.341. The lowest BCUT2D eigenvalue weighted by Crippen LogP contribution is -2.27. The SMILES string of the molecule is CCCN1CCCC(C(=O)Nc2ccc(S(=O)Cc3cncn3CCC)cc2)=Cc2ccccc21. The van der Waals surface area contributed by atoms with Crippen molar-refractivity contribution < 1.29 is 9.00 Å². The summed E-state index contributed by atoms with van der Waals surface area (Å²) >= 11 is 0. The summed E-state index contributed by atoms with van der Waals surface area (Å²) in [6.45, 7) is 7.13. The Morgan fingerprint density at radius 1 is 1.06 bits per heavy atom. The number of hydrogen-bond acceptors (Lipinski definition) is 4. The summed E-state index contributed by atoms with van der Waals surface area (Å²) in [6.07, 6.45) is 9.35. The number of amides is 1. The van der Waals surface area contributed by atoms with Crippen molar-refractivity contribution in [1.82, 2.24) is 9.55 Å². The zero-order valence-electron chi connectivity index (χ0n) is 20.6. The maximum absolute atomic E-state index is 13.1. The van der Waals surface area contributed by atoms with Gasteiger partial charge >= 0.3 is 0 Å². The van der Waals surface area contributed by atoms with Gasteiger partial charge in [-0.05, 0) is 67.7 Å². The van der Waals surface area contributed by atoms with E-state index in [2.05, 4.69) is 51.8 Å². The molecule has 1 unspecified atom stereocenters. The lowest BCUT2D eigenvalue weighted by molar-refractivity contribution is -0.112. The molecule has 1 aliphatic rings. The molecule has 1 N–H and O–H groups in total. The highest BCUT2D eigenvalue weighted by molar-refractivity contribution is 7.84. The Kier molecular flexibility index (Phi) is 8.53. The van der Waals surface area contributed by atoms with E-state index in [1.165, 1.54) is 5.69 Å². The summed E-state index contributed by atoms with van der Waals surface area (Å²) in [7, 11) is -1.18. The van der Waals surface area contributed by atoms with Gasteiger partial charge in [-0.2, -0.15) is 0 Å². The van der Waals surface area contributed by atoms with Gasteiger partial charge in [-0.3, -0.25) is 9.00 Å². The Labute approximate surface area is 210 Å². The van der Waals surface area contributed by atoms with E-state index in [4.69, 9.17) is 0 Å². The molecule has 7 heteroatoms. The van der Waals surface area contributed by atoms with Crippen LogP contribution in [0, 0.1) is 0 Å². The number of nitrogens with one attached hydrogen (secondary N) is 1. The van der Waals surface area contributed by atoms with Gasteiger partial charge in [0.2, 0.25) is 0 Å². The van der Waals surface area contributed by atoms with E-state index in [9.17, 15) is 9.00 Å². The minimum atomic E-state index is -1.18. The van der Waals surface area contributed by atoms with Gasteiger partial charge in [-0.1, -0.05) is 32.0 Å². The van der Waals surface area contributed by atoms with Gasteiger partial charge < -0.3 is 14.8 Å². The first-order valence-electron chi connectivity index (χ1n) is 12.4. The topological polar surface area (TPSA) is 67.2 Å². The van der Waals surface area contributed by atoms with E-state index < -0.39 is 10.8 Å². The Bertz CT molecular complexity index is 1200. The number of benzene rings is 2. The molecule has 1 atom stereocenters. The zero-order valence-corrected chi connectivity index (χ0v) is 21.4. The van der Waals surface area contributed by atoms with Gasteiger partial charge in [0, 0.05) is 47.7 Å². The number of nitrogens with zero attached hydrogens (tertiary/aromatic N) is 3. The van der Waals surface area contributed by atoms with E-state index in [1.807, 2.05) is 36.4 Å². The minimum absolute atomic E-state index is 0.0823. The van der Waals surface area contributed by atoms with Crippen LogP contribution in [0.15, 0.2) is 71.5 Å². The third-order valence-electron chi connectivity index (χ3n) is 6.18. The number of aromatic nitrogens is 2. The minimum Gasteiger partial charge on any atom is -0.371 e. The number of carbonyl (C=O) groups excluding carboxylic acids is 1. The van der Waals surface area contributed by atoms with Crippen molar-refractivity contribution >= 4 is 34.2 Å². The summed E-state index contributed by atoms with van der Waals surface area (Å²) < 4.78 is 14.9. The van der Waals surface area contributed by atoms with Crippen LogP contribution in [0.1, 0.15) is 50.8 Å². The molecular formula is C28H34N4O2S. The van der Waals surface area contributed by atoms with Gasteiger partial charge in [0.15, 0.2) is 0 Å². The molecule has 1 amide bonds. The second-order valence-electron chi connectivity index (χ2n) is 8.87. The average Bonchev–Trinajstić information content (AvgIpc) is 3.28. The lowest BCUT2D eigenvalue weighted by atomic mass is 10.0. The quantitative estimate of drug-likeness (QED) is 0.422. The monoisotopic (exact) mass is 490 g/mol. The fourth-order valence-corrected chi connectivity index (χ4v) is 5.56. The first-order chi connectivity index (χ1) is 17.1. The zero-order chi connectivity index (χ0) is 24.6. The Morgan fingerprint density at radius 3 is 2.60 bits per heavy atom. The fourth-order valence-electron chi connectivity index (χ4n) is 4.45. The van der Waals surface area contributed by atoms with Crippen molar-refractivity contribution in [3.8, 4) is 0 Å². The molecule has 0 spiro atoms. The highest BCUT2D eigenvalue weighted by atomic mass is 32.2. The summed E-state index contributed by atoms with van der Waals surface area (Å²) in [6, 6.07) is 15.6. The van der Waals surface area contributed by atoms with Crippen LogP contribution in [0.4, 0.5) is 11.4 Å². The van der Waals surface area contributed by atoms with E-state index in [-0.39, 0.29) is 5.91 Å². The molecule has 3 aromatic rings. The number of hydrogen-bond donors (Lipinski definition) is 1. The molecule has 0 fully saturated rings. The molecule has 0 bridgehead atoms. The van der Waals surface area contributed by atoms with Crippen molar-refractivity contribution in [3.63, 3.8) is 0 Å². The second kappa shape index (κ2) is 12.0. The maximum Gasteiger partial charge on any atom is 0.251 e. The van der Waals surface area contributed by atoms with Gasteiger partial charge in [0.1, 0.15) is 0 Å². The third-order valence-corrected chi connectivity index (χ3v) is 7.54. The van der Waals surface area contributed by atoms with Crippen molar-refractivity contribution in [2.24, 2.45) is 0 Å². The molecule has 0 radical (unpaired) electrons. The van der Waals surface area contributed by atoms with Crippen LogP contribution < -0.4 is 10.2 Å². The maximum atomic E-state index is 13.1. The van der Waals surface area contributed by atoms with Crippen LogP contribution in [-0.4, -0.2) is 32.8 Å². The predicted octanol–water partition coefficient (Wildman–Crippen LogP) is 5.63. The number of rotatable bonds is 9. The van der Waals surface area contributed by atoms with Crippen molar-refractivity contribution in [1.29, 1.82) is 0 Å². The van der Waals surface area contributed by atoms with Gasteiger partial charge in [-0.25, -0.2) is 4.98 Å². The number of imidazole rings is 1. The summed E-state index contributed by atoms with van der Waals surface area (Å²) in [4.78, 5) is 20.5. The van der Waals surface area contributed by atoms with Crippen LogP contribution in [0.5, 0.6) is 0 Å². The first kappa shape index (κ1) is 24.9. The molecule has 0 aliphatic carbocycles. The largest absolute Gasteiger partial charge is 0.371 e. The van der Waals surface area contributed by atoms with Crippen LogP contribution >= 0.6 is 0 Å². The van der Waals surface area contributed by atoms with Gasteiger partial charge in [0.25, 0.3) is 5.91 Å². The molecule has 1 aliphatic heterocycles. The van der Waals surface area contributed by atoms with Crippen LogP contribution in [0.2, 0.25) is 0 Å². The van der Waals surface area contributed by atoms with E-state index in [0.29, 0.717) is 11.4 Å². The van der Waals surface area contributed by atoms with Gasteiger partial charge in [-0.15, -0.1) is 0 Å². The number of anilines is 2. The highest BCUT2D eigenvalue weighted by Crippen LogP contribution is 2.28. The molecule has 184 valence electrons. The molecule has 2 aromatic carbocycles. The van der Waals surface area contributed by atoms with Crippen LogP contribution in [0.3, 0.4) is 0 Å². The Morgan fingerprint density at radius 2 is 1.83 bits per heavy atom. The van der Waals surface area contributed by atoms with E-state index in [0.717, 1.165) is 67.0 Å². The smallest absolute Gasteiger partial charge is 0.251 e. The van der Waals surface area contributed by atoms with Crippen LogP contribution in [-0.2, 0) is 27.9 Å². The standard InChI is InChI=1S/C28H34N4O2S/c1-3-15-31-17-7-9-23(18-22-8-5-6-10-27(22)31)28(33)30-24-11-13-26(14-12-24)35(34)20-25-19-29-21-32(25)16-4-2/h5-6,8,10-14,18-19,21H,3-4,7,9,15-17,20H2,1-2H3,(H,30,33). The lowest BCUT2D eigenvalue weighted by Gasteiger charge is -2.28. The highest BCUT2D eigenvalue weighted by Gasteiger charge is 2.17. The fraction of sp³-hybridized carbons (Fsp3) is 0.357. The third kappa shape index (κ3) is 6.28. The normalized spacial score (nSPS) is 14.5. The van der Waals surface area contributed by atoms with Gasteiger partial charge in [0.05, 0.1) is 28.6 Å². The van der Waals surface area contributed by atoms with Crippen molar-refractivity contribution in [2.75, 3.05) is 23.3 Å². The number of fused-ring (bicyclic) bond motifs is 1. The Balaban J connectivity index is 1.44. The van der Waals surface area contributed by atoms with E-state index in [1.54, 1.807) is 12.5 Å². The predicted molar refractivity (Wildman–Crippen MR) is 144 cm³/mol. The van der Waals surface area contributed by atoms with E-state index >= 15 is 0 Å². The molecule has 35 heavy (non-hydrogen) atoms. The molecule has 0 saturated heterocycles. The second-order valence-corrected chi connectivity index (χ2v) is 10.3. The summed E-state index contributed by atoms with van der Waals surface area (Å²) in [5, 5.41) is 3.03. The number of carbonyl (C=O) groups is 1. The number of para-hydroxylation sites is 1. The molecule has 4 rings (SSSR count). The molecular weight excluding hydrogens is 456 g/mol. The number of aryl methyl sites for hydroxylation is 1. The molecule has 2 heterocycles. The molecule has 1 aromatic heterocycles. The van der Waals surface area contributed by atoms with Crippen LogP contribution in [0.25, 0.3) is 6.08 Å². The van der Waals surface area contributed by atoms with Crippen molar-refractivity contribution in [2.45, 2.75) is 56.7 Å². The summed E-state index contributed by atoms with van der Waals surface area (Å²) in [5.41, 5.74) is 4.72. The molecule has 6 nitrogen and oxygen atoms in total. The first-order valence-corrected chi connectivity index (χ1v) is 13.7. The Hall–Kier alpha value is -3.19. The molecule has 0 saturated carbocycles. The van der Waals surface area contributed by atoms with Crippen molar-refractivity contribution in [3.05, 3.63) is 77.9 Å². The average molecular weight is 491 g/mol.